The van der Waals surface area contributed by atoms with Crippen molar-refractivity contribution in [3.8, 4) is 5.88 Å². The van der Waals surface area contributed by atoms with Gasteiger partial charge in [-0.15, -0.1) is 0 Å². The molecule has 0 amide bonds. The van der Waals surface area contributed by atoms with Crippen molar-refractivity contribution in [3.05, 3.63) is 23.4 Å². The van der Waals surface area contributed by atoms with Crippen LogP contribution >= 0.6 is 11.6 Å². The molecule has 2 atom stereocenters. The Hall–Kier alpha value is -0.840. The van der Waals surface area contributed by atoms with Crippen LogP contribution in [0.4, 0.5) is 0 Å². The second-order valence-corrected chi connectivity index (χ2v) is 5.00. The molecular weight excluding hydrogens is 238 g/mol. The van der Waals surface area contributed by atoms with E-state index in [0.29, 0.717) is 16.9 Å². The number of aromatic nitrogens is 1. The standard InChI is InChI=1S/C12H16ClN3O/c13-9-1-2-12(15-7-9)17-11-3-5-16-6-4-14-8-10(11)16/h1-2,7,10-11,14H,3-6,8H2. The highest BCUT2D eigenvalue weighted by atomic mass is 35.5. The van der Waals surface area contributed by atoms with Crippen LogP contribution in [0.3, 0.4) is 0 Å². The minimum atomic E-state index is 0.247. The van der Waals surface area contributed by atoms with E-state index >= 15 is 0 Å². The summed E-state index contributed by atoms with van der Waals surface area (Å²) < 4.78 is 5.95. The maximum absolute atomic E-state index is 5.95. The fourth-order valence-corrected chi connectivity index (χ4v) is 2.73. The first-order chi connectivity index (χ1) is 8.33. The first-order valence-electron chi connectivity index (χ1n) is 6.06. The number of rotatable bonds is 2. The van der Waals surface area contributed by atoms with Gasteiger partial charge in [-0.1, -0.05) is 11.6 Å². The third-order valence-electron chi connectivity index (χ3n) is 3.50. The molecule has 17 heavy (non-hydrogen) atoms. The number of ether oxygens (including phenoxy) is 1. The van der Waals surface area contributed by atoms with Crippen molar-refractivity contribution in [1.29, 1.82) is 0 Å². The van der Waals surface area contributed by atoms with E-state index in [9.17, 15) is 0 Å². The monoisotopic (exact) mass is 253 g/mol. The van der Waals surface area contributed by atoms with Crippen molar-refractivity contribution in [1.82, 2.24) is 15.2 Å². The number of piperazine rings is 1. The first-order valence-corrected chi connectivity index (χ1v) is 6.44. The van der Waals surface area contributed by atoms with Crippen molar-refractivity contribution in [2.24, 2.45) is 0 Å². The van der Waals surface area contributed by atoms with Crippen LogP contribution in [0.5, 0.6) is 5.88 Å². The Morgan fingerprint density at radius 1 is 1.41 bits per heavy atom. The van der Waals surface area contributed by atoms with E-state index in [0.717, 1.165) is 32.6 Å². The number of nitrogens with one attached hydrogen (secondary N) is 1. The van der Waals surface area contributed by atoms with Crippen molar-refractivity contribution in [3.63, 3.8) is 0 Å². The van der Waals surface area contributed by atoms with E-state index in [-0.39, 0.29) is 6.10 Å². The molecule has 1 aromatic heterocycles. The normalized spacial score (nSPS) is 29.0. The number of hydrogen-bond acceptors (Lipinski definition) is 4. The molecule has 0 spiro atoms. The SMILES string of the molecule is Clc1ccc(OC2CCN3CCNCC23)nc1. The summed E-state index contributed by atoms with van der Waals surface area (Å²) in [5.74, 6) is 0.673. The fraction of sp³-hybridized carbons (Fsp3) is 0.583. The second kappa shape index (κ2) is 4.80. The predicted molar refractivity (Wildman–Crippen MR) is 66.5 cm³/mol. The Morgan fingerprint density at radius 3 is 3.18 bits per heavy atom. The number of halogens is 1. The molecule has 5 heteroatoms. The zero-order valence-corrected chi connectivity index (χ0v) is 10.4. The zero-order chi connectivity index (χ0) is 11.7. The summed E-state index contributed by atoms with van der Waals surface area (Å²) in [5, 5.41) is 4.06. The molecule has 0 saturated carbocycles. The molecule has 2 aliphatic rings. The Kier molecular flexibility index (Phi) is 3.18. The molecule has 0 aliphatic carbocycles. The highest BCUT2D eigenvalue weighted by Crippen LogP contribution is 2.24. The Bertz CT molecular complexity index is 384. The summed E-state index contributed by atoms with van der Waals surface area (Å²) in [6.07, 6.45) is 2.95. The molecule has 3 heterocycles. The number of fused-ring (bicyclic) bond motifs is 1. The van der Waals surface area contributed by atoms with Crippen LogP contribution in [0.15, 0.2) is 18.3 Å². The Labute approximate surface area is 106 Å². The molecule has 92 valence electrons. The van der Waals surface area contributed by atoms with Crippen LogP contribution in [-0.4, -0.2) is 48.2 Å². The number of hydrogen-bond donors (Lipinski definition) is 1. The summed E-state index contributed by atoms with van der Waals surface area (Å²) in [6, 6.07) is 4.14. The first kappa shape index (κ1) is 11.3. The molecule has 1 N–H and O–H groups in total. The molecule has 3 rings (SSSR count). The maximum atomic E-state index is 5.95. The van der Waals surface area contributed by atoms with E-state index in [2.05, 4.69) is 15.2 Å². The van der Waals surface area contributed by atoms with Crippen molar-refractivity contribution >= 4 is 11.6 Å². The van der Waals surface area contributed by atoms with E-state index in [4.69, 9.17) is 16.3 Å². The summed E-state index contributed by atoms with van der Waals surface area (Å²) in [7, 11) is 0. The van der Waals surface area contributed by atoms with Gasteiger partial charge in [-0.3, -0.25) is 4.90 Å². The van der Waals surface area contributed by atoms with Gasteiger partial charge in [0.05, 0.1) is 11.1 Å². The van der Waals surface area contributed by atoms with Crippen LogP contribution in [0.1, 0.15) is 6.42 Å². The molecule has 2 saturated heterocycles. The third-order valence-corrected chi connectivity index (χ3v) is 3.72. The van der Waals surface area contributed by atoms with Gasteiger partial charge in [0.15, 0.2) is 0 Å². The molecule has 0 radical (unpaired) electrons. The van der Waals surface area contributed by atoms with Gasteiger partial charge in [0, 0.05) is 38.4 Å². The minimum absolute atomic E-state index is 0.247. The molecule has 2 fully saturated rings. The number of pyridine rings is 1. The van der Waals surface area contributed by atoms with Gasteiger partial charge >= 0.3 is 0 Å². The van der Waals surface area contributed by atoms with E-state index in [1.54, 1.807) is 6.20 Å². The summed E-state index contributed by atoms with van der Waals surface area (Å²) in [4.78, 5) is 6.68. The van der Waals surface area contributed by atoms with Gasteiger partial charge < -0.3 is 10.1 Å². The van der Waals surface area contributed by atoms with E-state index in [1.807, 2.05) is 12.1 Å². The predicted octanol–water partition coefficient (Wildman–Crippen LogP) is 1.16. The largest absolute Gasteiger partial charge is 0.473 e. The van der Waals surface area contributed by atoms with Gasteiger partial charge in [-0.05, 0) is 12.5 Å². The molecular formula is C12H16ClN3O. The lowest BCUT2D eigenvalue weighted by Gasteiger charge is -2.32. The lowest BCUT2D eigenvalue weighted by Crippen LogP contribution is -2.52. The smallest absolute Gasteiger partial charge is 0.213 e. The van der Waals surface area contributed by atoms with Gasteiger partial charge in [-0.2, -0.15) is 0 Å². The second-order valence-electron chi connectivity index (χ2n) is 4.57. The quantitative estimate of drug-likeness (QED) is 0.858. The molecule has 0 aromatic carbocycles. The van der Waals surface area contributed by atoms with Crippen LogP contribution in [0, 0.1) is 0 Å². The third kappa shape index (κ3) is 2.39. The average molecular weight is 254 g/mol. The van der Waals surface area contributed by atoms with Crippen molar-refractivity contribution < 1.29 is 4.74 Å². The van der Waals surface area contributed by atoms with Crippen molar-refractivity contribution in [2.45, 2.75) is 18.6 Å². The van der Waals surface area contributed by atoms with Gasteiger partial charge in [0.25, 0.3) is 0 Å². The lowest BCUT2D eigenvalue weighted by molar-refractivity contribution is 0.114. The molecule has 0 bridgehead atoms. The van der Waals surface area contributed by atoms with Gasteiger partial charge in [-0.25, -0.2) is 4.98 Å². The van der Waals surface area contributed by atoms with Crippen LogP contribution in [0.2, 0.25) is 5.02 Å². The summed E-state index contributed by atoms with van der Waals surface area (Å²) in [6.45, 7) is 4.35. The minimum Gasteiger partial charge on any atom is -0.473 e. The molecule has 2 unspecified atom stereocenters. The summed E-state index contributed by atoms with van der Waals surface area (Å²) in [5.41, 5.74) is 0. The van der Waals surface area contributed by atoms with Crippen LogP contribution in [0.25, 0.3) is 0 Å². The lowest BCUT2D eigenvalue weighted by atomic mass is 10.1. The van der Waals surface area contributed by atoms with E-state index in [1.165, 1.54) is 0 Å². The highest BCUT2D eigenvalue weighted by molar-refractivity contribution is 6.30. The van der Waals surface area contributed by atoms with Crippen LogP contribution in [-0.2, 0) is 0 Å². The average Bonchev–Trinajstić information content (AvgIpc) is 2.76. The summed E-state index contributed by atoms with van der Waals surface area (Å²) >= 11 is 5.80. The van der Waals surface area contributed by atoms with E-state index < -0.39 is 0 Å². The number of nitrogens with zero attached hydrogens (tertiary/aromatic N) is 2. The Balaban J connectivity index is 1.67. The van der Waals surface area contributed by atoms with Gasteiger partial charge in [0.1, 0.15) is 6.10 Å². The molecule has 4 nitrogen and oxygen atoms in total. The topological polar surface area (TPSA) is 37.4 Å². The highest BCUT2D eigenvalue weighted by Gasteiger charge is 2.37. The van der Waals surface area contributed by atoms with Crippen molar-refractivity contribution in [2.75, 3.05) is 26.2 Å². The zero-order valence-electron chi connectivity index (χ0n) is 9.60. The molecule has 1 aromatic rings. The fourth-order valence-electron chi connectivity index (χ4n) is 2.62. The van der Waals surface area contributed by atoms with Crippen LogP contribution < -0.4 is 10.1 Å². The molecule has 2 aliphatic heterocycles. The van der Waals surface area contributed by atoms with Gasteiger partial charge in [0.2, 0.25) is 5.88 Å². The maximum Gasteiger partial charge on any atom is 0.213 e. The Morgan fingerprint density at radius 2 is 2.35 bits per heavy atom.